The zero-order valence-corrected chi connectivity index (χ0v) is 11.3. The minimum absolute atomic E-state index is 0.171. The Morgan fingerprint density at radius 2 is 1.55 bits per heavy atom. The number of aromatic nitrogens is 1. The molecule has 0 saturated carbocycles. The number of benzene rings is 3. The average molecular weight is 260 g/mol. The monoisotopic (exact) mass is 260 g/mol. The molecule has 4 rings (SSSR count). The predicted octanol–water partition coefficient (Wildman–Crippen LogP) is 3.46. The summed E-state index contributed by atoms with van der Waals surface area (Å²) in [6.07, 6.45) is 2.09. The molecule has 96 valence electrons. The van der Waals surface area contributed by atoms with Crippen LogP contribution in [0.5, 0.6) is 0 Å². The van der Waals surface area contributed by atoms with Crippen LogP contribution in [-0.2, 0) is 11.3 Å². The summed E-state index contributed by atoms with van der Waals surface area (Å²) in [7, 11) is 0. The van der Waals surface area contributed by atoms with Crippen molar-refractivity contribution in [3.63, 3.8) is 0 Å². The third-order valence-electron chi connectivity index (χ3n) is 3.89. The number of hydrogen-bond donors (Lipinski definition) is 0. The number of ketones is 1. The van der Waals surface area contributed by atoms with E-state index < -0.39 is 0 Å². The van der Waals surface area contributed by atoms with Crippen molar-refractivity contribution in [2.75, 3.05) is 0 Å². The fraction of sp³-hybridized carbons (Fsp3) is 0.111. The predicted molar refractivity (Wildman–Crippen MR) is 81.0 cm³/mol. The zero-order valence-electron chi connectivity index (χ0n) is 11.3. The maximum absolute atomic E-state index is 11.5. The third-order valence-corrected chi connectivity index (χ3v) is 3.89. The van der Waals surface area contributed by atoms with Gasteiger partial charge in [-0.15, -0.1) is 0 Å². The molecular formula is C18H14NO+. The topological polar surface area (TPSA) is 20.9 Å². The minimum Gasteiger partial charge on any atom is -0.293 e. The normalized spacial score (nSPS) is 11.7. The molecule has 4 aromatic rings. The fourth-order valence-corrected chi connectivity index (χ4v) is 3.12. The highest BCUT2D eigenvalue weighted by Gasteiger charge is 2.17. The summed E-state index contributed by atoms with van der Waals surface area (Å²) in [5, 5.41) is 6.21. The van der Waals surface area contributed by atoms with Crippen molar-refractivity contribution in [1.82, 2.24) is 0 Å². The standard InChI is InChI=1S/C18H14NO/c1-12(20)10-19-11-15-6-2-4-13-8-9-14-5-3-7-16(19)18(14)17(13)15/h2-9,11H,10H2,1H3/q+1. The van der Waals surface area contributed by atoms with Crippen molar-refractivity contribution >= 4 is 38.2 Å². The van der Waals surface area contributed by atoms with Crippen LogP contribution in [-0.4, -0.2) is 5.78 Å². The van der Waals surface area contributed by atoms with E-state index in [4.69, 9.17) is 0 Å². The van der Waals surface area contributed by atoms with Gasteiger partial charge in [0.05, 0.1) is 5.39 Å². The Morgan fingerprint density at radius 1 is 0.900 bits per heavy atom. The van der Waals surface area contributed by atoms with Crippen LogP contribution in [0, 0.1) is 0 Å². The summed E-state index contributed by atoms with van der Waals surface area (Å²) in [5.74, 6) is 0.171. The molecule has 0 amide bonds. The van der Waals surface area contributed by atoms with Gasteiger partial charge in [0.1, 0.15) is 0 Å². The zero-order chi connectivity index (χ0) is 13.7. The Kier molecular flexibility index (Phi) is 2.27. The number of carbonyl (C=O) groups excluding carboxylic acids is 1. The van der Waals surface area contributed by atoms with Crippen LogP contribution in [0.1, 0.15) is 6.92 Å². The largest absolute Gasteiger partial charge is 0.293 e. The molecular weight excluding hydrogens is 246 g/mol. The van der Waals surface area contributed by atoms with E-state index in [1.54, 1.807) is 6.92 Å². The SMILES string of the molecule is CC(=O)C[n+]1cc2cccc3ccc4cccc1c4c32. The Hall–Kier alpha value is -2.48. The number of Topliss-reactive ketones (excluding diaryl/α,β-unsaturated/α-hetero) is 1. The fourth-order valence-electron chi connectivity index (χ4n) is 3.12. The molecule has 0 spiro atoms. The van der Waals surface area contributed by atoms with Gasteiger partial charge in [-0.3, -0.25) is 4.79 Å². The van der Waals surface area contributed by atoms with Crippen LogP contribution in [0.4, 0.5) is 0 Å². The first kappa shape index (κ1) is 11.4. The van der Waals surface area contributed by atoms with E-state index in [2.05, 4.69) is 59.3 Å². The van der Waals surface area contributed by atoms with E-state index in [0.717, 1.165) is 5.52 Å². The van der Waals surface area contributed by atoms with Gasteiger partial charge in [-0.2, -0.15) is 4.57 Å². The van der Waals surface area contributed by atoms with E-state index in [0.29, 0.717) is 6.54 Å². The van der Waals surface area contributed by atoms with Crippen molar-refractivity contribution in [2.45, 2.75) is 13.5 Å². The average Bonchev–Trinajstić information content (AvgIpc) is 2.45. The first-order valence-electron chi connectivity index (χ1n) is 6.79. The van der Waals surface area contributed by atoms with Gasteiger partial charge in [0, 0.05) is 23.8 Å². The summed E-state index contributed by atoms with van der Waals surface area (Å²) in [6.45, 7) is 2.05. The number of rotatable bonds is 2. The Morgan fingerprint density at radius 3 is 2.30 bits per heavy atom. The second-order valence-corrected chi connectivity index (χ2v) is 5.35. The van der Waals surface area contributed by atoms with Crippen LogP contribution >= 0.6 is 0 Å². The van der Waals surface area contributed by atoms with Crippen LogP contribution in [0.15, 0.2) is 54.7 Å². The molecule has 2 heteroatoms. The highest BCUT2D eigenvalue weighted by atomic mass is 16.1. The lowest BCUT2D eigenvalue weighted by atomic mass is 9.97. The van der Waals surface area contributed by atoms with Crippen molar-refractivity contribution in [2.24, 2.45) is 0 Å². The first-order valence-corrected chi connectivity index (χ1v) is 6.79. The summed E-state index contributed by atoms with van der Waals surface area (Å²) in [5.41, 5.74) is 1.13. The van der Waals surface area contributed by atoms with Crippen LogP contribution in [0.25, 0.3) is 32.4 Å². The Labute approximate surface area is 116 Å². The van der Waals surface area contributed by atoms with E-state index in [1.165, 1.54) is 26.9 Å². The van der Waals surface area contributed by atoms with Crippen molar-refractivity contribution in [3.8, 4) is 0 Å². The minimum atomic E-state index is 0.171. The summed E-state index contributed by atoms with van der Waals surface area (Å²) in [4.78, 5) is 11.5. The van der Waals surface area contributed by atoms with Gasteiger partial charge in [0.25, 0.3) is 0 Å². The lowest BCUT2D eigenvalue weighted by molar-refractivity contribution is -0.656. The number of hydrogen-bond acceptors (Lipinski definition) is 1. The maximum Gasteiger partial charge on any atom is 0.214 e. The second-order valence-electron chi connectivity index (χ2n) is 5.35. The molecule has 2 nitrogen and oxygen atoms in total. The molecule has 20 heavy (non-hydrogen) atoms. The third kappa shape index (κ3) is 1.51. The molecule has 1 aromatic heterocycles. The summed E-state index contributed by atoms with van der Waals surface area (Å²) in [6, 6.07) is 16.9. The quantitative estimate of drug-likeness (QED) is 0.399. The molecule has 1 heterocycles. The number of nitrogens with zero attached hydrogens (tertiary/aromatic N) is 1. The molecule has 0 fully saturated rings. The van der Waals surface area contributed by atoms with Gasteiger partial charge in [-0.1, -0.05) is 36.4 Å². The summed E-state index contributed by atoms with van der Waals surface area (Å²) >= 11 is 0. The van der Waals surface area contributed by atoms with E-state index in [-0.39, 0.29) is 5.78 Å². The van der Waals surface area contributed by atoms with E-state index in [9.17, 15) is 4.79 Å². The maximum atomic E-state index is 11.5. The molecule has 0 saturated heterocycles. The Bertz CT molecular complexity index is 955. The molecule has 0 atom stereocenters. The molecule has 0 aliphatic carbocycles. The molecule has 0 bridgehead atoms. The summed E-state index contributed by atoms with van der Waals surface area (Å²) < 4.78 is 2.06. The molecule has 0 unspecified atom stereocenters. The first-order chi connectivity index (χ1) is 9.74. The van der Waals surface area contributed by atoms with Crippen LogP contribution < -0.4 is 4.57 Å². The van der Waals surface area contributed by atoms with Crippen LogP contribution in [0.2, 0.25) is 0 Å². The van der Waals surface area contributed by atoms with Crippen molar-refractivity contribution in [1.29, 1.82) is 0 Å². The van der Waals surface area contributed by atoms with E-state index in [1.807, 2.05) is 0 Å². The molecule has 0 aliphatic rings. The number of pyridine rings is 1. The lowest BCUT2D eigenvalue weighted by Crippen LogP contribution is -2.37. The van der Waals surface area contributed by atoms with Crippen molar-refractivity contribution in [3.05, 3.63) is 54.7 Å². The van der Waals surface area contributed by atoms with Gasteiger partial charge in [-0.05, 0) is 16.8 Å². The molecule has 3 aromatic carbocycles. The molecule has 0 aliphatic heterocycles. The van der Waals surface area contributed by atoms with Gasteiger partial charge in [0.15, 0.2) is 12.0 Å². The lowest BCUT2D eigenvalue weighted by Gasteiger charge is -2.09. The van der Waals surface area contributed by atoms with Crippen LogP contribution in [0.3, 0.4) is 0 Å². The Balaban J connectivity index is 2.27. The van der Waals surface area contributed by atoms with Crippen molar-refractivity contribution < 1.29 is 9.36 Å². The van der Waals surface area contributed by atoms with Gasteiger partial charge in [-0.25, -0.2) is 0 Å². The molecule has 0 radical (unpaired) electrons. The van der Waals surface area contributed by atoms with E-state index >= 15 is 0 Å². The highest BCUT2D eigenvalue weighted by molar-refractivity contribution is 6.20. The second kappa shape index (κ2) is 4.01. The van der Waals surface area contributed by atoms with Gasteiger partial charge >= 0.3 is 0 Å². The van der Waals surface area contributed by atoms with Gasteiger partial charge in [0.2, 0.25) is 12.1 Å². The molecule has 0 N–H and O–H groups in total. The number of carbonyl (C=O) groups is 1. The smallest absolute Gasteiger partial charge is 0.214 e. The highest BCUT2D eigenvalue weighted by Crippen LogP contribution is 2.32. The van der Waals surface area contributed by atoms with Gasteiger partial charge < -0.3 is 0 Å².